The van der Waals surface area contributed by atoms with E-state index in [1.165, 1.54) is 24.3 Å². The highest BCUT2D eigenvalue weighted by Crippen LogP contribution is 2.17. The van der Waals surface area contributed by atoms with Gasteiger partial charge in [0.05, 0.1) is 0 Å². The fourth-order valence-corrected chi connectivity index (χ4v) is 3.06. The topological polar surface area (TPSA) is 75.9 Å². The first-order chi connectivity index (χ1) is 13.1. The molecule has 0 atom stereocenters. The smallest absolute Gasteiger partial charge is 0.260 e. The Labute approximate surface area is 155 Å². The highest BCUT2D eigenvalue weighted by Gasteiger charge is 2.23. The van der Waals surface area contributed by atoms with Gasteiger partial charge in [-0.15, -0.1) is 10.2 Å². The number of halogens is 1. The summed E-state index contributed by atoms with van der Waals surface area (Å²) < 4.78 is 20.2. The van der Waals surface area contributed by atoms with Crippen molar-refractivity contribution in [2.75, 3.05) is 37.7 Å². The number of carbonyl (C=O) groups excluding carboxylic acids is 1. The zero-order valence-electron chi connectivity index (χ0n) is 14.9. The predicted molar refractivity (Wildman–Crippen MR) is 96.2 cm³/mol. The van der Waals surface area contributed by atoms with Crippen molar-refractivity contribution in [2.45, 2.75) is 6.92 Å². The maximum Gasteiger partial charge on any atom is 0.260 e. The molecule has 0 spiro atoms. The van der Waals surface area contributed by atoms with Gasteiger partial charge in [-0.1, -0.05) is 0 Å². The normalized spacial score (nSPS) is 14.6. The van der Waals surface area contributed by atoms with Crippen LogP contribution in [-0.4, -0.2) is 63.2 Å². The molecular formula is C18H19FN6O2. The summed E-state index contributed by atoms with van der Waals surface area (Å²) in [5.74, 6) is 1.46. The van der Waals surface area contributed by atoms with Gasteiger partial charge in [-0.3, -0.25) is 9.20 Å². The third kappa shape index (κ3) is 3.67. The molecule has 0 radical (unpaired) electrons. The first kappa shape index (κ1) is 17.2. The van der Waals surface area contributed by atoms with E-state index in [2.05, 4.69) is 20.1 Å². The molecule has 0 aliphatic carbocycles. The molecule has 0 unspecified atom stereocenters. The van der Waals surface area contributed by atoms with Crippen molar-refractivity contribution >= 4 is 17.5 Å². The van der Waals surface area contributed by atoms with Gasteiger partial charge in [-0.2, -0.15) is 4.98 Å². The Kier molecular flexibility index (Phi) is 4.57. The number of anilines is 1. The lowest BCUT2D eigenvalue weighted by Crippen LogP contribution is -2.50. The van der Waals surface area contributed by atoms with Gasteiger partial charge in [0.2, 0.25) is 0 Å². The quantitative estimate of drug-likeness (QED) is 0.689. The first-order valence-corrected chi connectivity index (χ1v) is 8.68. The molecule has 2 aromatic heterocycles. The van der Waals surface area contributed by atoms with Gasteiger partial charge in [0, 0.05) is 37.9 Å². The van der Waals surface area contributed by atoms with Crippen LogP contribution in [0.5, 0.6) is 5.75 Å². The monoisotopic (exact) mass is 370 g/mol. The highest BCUT2D eigenvalue weighted by molar-refractivity contribution is 5.78. The Bertz CT molecular complexity index is 950. The van der Waals surface area contributed by atoms with Crippen LogP contribution in [0.25, 0.3) is 5.78 Å². The molecular weight excluding hydrogens is 351 g/mol. The van der Waals surface area contributed by atoms with Crippen molar-refractivity contribution in [1.29, 1.82) is 0 Å². The summed E-state index contributed by atoms with van der Waals surface area (Å²) in [6.07, 6.45) is 1.64. The Morgan fingerprint density at radius 2 is 1.93 bits per heavy atom. The number of aryl methyl sites for hydroxylation is 1. The maximum atomic E-state index is 12.9. The van der Waals surface area contributed by atoms with E-state index in [9.17, 15) is 9.18 Å². The molecule has 3 heterocycles. The lowest BCUT2D eigenvalue weighted by Gasteiger charge is -2.35. The minimum Gasteiger partial charge on any atom is -0.484 e. The average molecular weight is 370 g/mol. The molecule has 1 aliphatic rings. The Morgan fingerprint density at radius 1 is 1.19 bits per heavy atom. The molecule has 3 aromatic rings. The zero-order chi connectivity index (χ0) is 18.8. The fraction of sp³-hybridized carbons (Fsp3) is 0.333. The zero-order valence-corrected chi connectivity index (χ0v) is 14.9. The standard InChI is InChI=1S/C18H19FN6O2/c1-13-10-16(21-18-22-20-12-25(13)18)23-6-8-24(9-7-23)17(26)11-27-15-4-2-14(19)3-5-15/h2-5,10,12H,6-9,11H2,1H3. The van der Waals surface area contributed by atoms with Crippen molar-refractivity contribution in [3.05, 3.63) is 48.2 Å². The number of piperazine rings is 1. The summed E-state index contributed by atoms with van der Waals surface area (Å²) in [6.45, 7) is 4.45. The molecule has 1 saturated heterocycles. The van der Waals surface area contributed by atoms with E-state index in [1.807, 2.05) is 17.4 Å². The van der Waals surface area contributed by atoms with E-state index in [0.29, 0.717) is 37.7 Å². The molecule has 0 saturated carbocycles. The average Bonchev–Trinajstić information content (AvgIpc) is 3.17. The molecule has 1 aliphatic heterocycles. The molecule has 4 rings (SSSR count). The van der Waals surface area contributed by atoms with Crippen LogP contribution < -0.4 is 9.64 Å². The molecule has 0 N–H and O–H groups in total. The van der Waals surface area contributed by atoms with Gasteiger partial charge in [0.1, 0.15) is 23.7 Å². The third-order valence-electron chi connectivity index (χ3n) is 4.59. The Morgan fingerprint density at radius 3 is 2.67 bits per heavy atom. The Hall–Kier alpha value is -3.23. The molecule has 0 bridgehead atoms. The molecule has 140 valence electrons. The third-order valence-corrected chi connectivity index (χ3v) is 4.59. The van der Waals surface area contributed by atoms with Gasteiger partial charge in [-0.05, 0) is 31.2 Å². The van der Waals surface area contributed by atoms with Crippen LogP contribution in [0, 0.1) is 12.7 Å². The Balaban J connectivity index is 1.33. The molecule has 9 heteroatoms. The summed E-state index contributed by atoms with van der Waals surface area (Å²) in [7, 11) is 0. The molecule has 8 nitrogen and oxygen atoms in total. The van der Waals surface area contributed by atoms with E-state index in [4.69, 9.17) is 4.74 Å². The second-order valence-electron chi connectivity index (χ2n) is 6.37. The van der Waals surface area contributed by atoms with Crippen LogP contribution in [0.1, 0.15) is 5.69 Å². The van der Waals surface area contributed by atoms with Gasteiger partial charge in [-0.25, -0.2) is 4.39 Å². The number of aromatic nitrogens is 4. The number of carbonyl (C=O) groups is 1. The van der Waals surface area contributed by atoms with Crippen LogP contribution in [-0.2, 0) is 4.79 Å². The summed E-state index contributed by atoms with van der Waals surface area (Å²) in [5.41, 5.74) is 1.01. The van der Waals surface area contributed by atoms with E-state index in [1.54, 1.807) is 11.2 Å². The number of rotatable bonds is 4. The minimum atomic E-state index is -0.335. The number of hydrogen-bond donors (Lipinski definition) is 0. The molecule has 1 amide bonds. The van der Waals surface area contributed by atoms with Crippen molar-refractivity contribution in [3.63, 3.8) is 0 Å². The maximum absolute atomic E-state index is 12.9. The molecule has 1 aromatic carbocycles. The lowest BCUT2D eigenvalue weighted by atomic mass is 10.3. The number of benzene rings is 1. The van der Waals surface area contributed by atoms with E-state index in [0.717, 1.165) is 11.5 Å². The van der Waals surface area contributed by atoms with Crippen molar-refractivity contribution in [2.24, 2.45) is 0 Å². The number of nitrogens with zero attached hydrogens (tertiary/aromatic N) is 6. The first-order valence-electron chi connectivity index (χ1n) is 8.68. The second kappa shape index (κ2) is 7.18. The van der Waals surface area contributed by atoms with Gasteiger partial charge < -0.3 is 14.5 Å². The fourth-order valence-electron chi connectivity index (χ4n) is 3.06. The van der Waals surface area contributed by atoms with E-state index < -0.39 is 0 Å². The summed E-state index contributed by atoms with van der Waals surface area (Å²) in [4.78, 5) is 20.8. The van der Waals surface area contributed by atoms with Crippen molar-refractivity contribution in [1.82, 2.24) is 24.5 Å². The predicted octanol–water partition coefficient (Wildman–Crippen LogP) is 1.30. The van der Waals surface area contributed by atoms with Crippen molar-refractivity contribution < 1.29 is 13.9 Å². The number of fused-ring (bicyclic) bond motifs is 1. The minimum absolute atomic E-state index is 0.0608. The van der Waals surface area contributed by atoms with Crippen LogP contribution in [0.3, 0.4) is 0 Å². The van der Waals surface area contributed by atoms with E-state index >= 15 is 0 Å². The second-order valence-corrected chi connectivity index (χ2v) is 6.37. The number of hydrogen-bond acceptors (Lipinski definition) is 6. The number of amides is 1. The SMILES string of the molecule is Cc1cc(N2CCN(C(=O)COc3ccc(F)cc3)CC2)nc2nncn12. The highest BCUT2D eigenvalue weighted by atomic mass is 19.1. The van der Waals surface area contributed by atoms with Gasteiger partial charge >= 0.3 is 0 Å². The van der Waals surface area contributed by atoms with Crippen LogP contribution in [0.4, 0.5) is 10.2 Å². The molecule has 1 fully saturated rings. The largest absolute Gasteiger partial charge is 0.484 e. The van der Waals surface area contributed by atoms with Crippen LogP contribution in [0.15, 0.2) is 36.7 Å². The summed E-state index contributed by atoms with van der Waals surface area (Å²) >= 11 is 0. The lowest BCUT2D eigenvalue weighted by molar-refractivity contribution is -0.133. The van der Waals surface area contributed by atoms with Gasteiger partial charge in [0.15, 0.2) is 6.61 Å². The summed E-state index contributed by atoms with van der Waals surface area (Å²) in [6, 6.07) is 7.62. The van der Waals surface area contributed by atoms with Crippen LogP contribution in [0.2, 0.25) is 0 Å². The summed E-state index contributed by atoms with van der Waals surface area (Å²) in [5, 5.41) is 7.89. The molecule has 27 heavy (non-hydrogen) atoms. The van der Waals surface area contributed by atoms with Crippen molar-refractivity contribution in [3.8, 4) is 5.75 Å². The number of ether oxygens (including phenoxy) is 1. The van der Waals surface area contributed by atoms with E-state index in [-0.39, 0.29) is 18.3 Å². The van der Waals surface area contributed by atoms with Crippen LogP contribution >= 0.6 is 0 Å². The van der Waals surface area contributed by atoms with Gasteiger partial charge in [0.25, 0.3) is 11.7 Å².